The molecular weight excluding hydrogens is 249 g/mol. The zero-order valence-corrected chi connectivity index (χ0v) is 11.4. The smallest absolute Gasteiger partial charge is 0.345 e. The first-order valence-electron chi connectivity index (χ1n) is 5.66. The van der Waals surface area contributed by atoms with Gasteiger partial charge in [0.05, 0.1) is 0 Å². The molecule has 0 saturated heterocycles. The molecule has 7 nitrogen and oxygen atoms in total. The van der Waals surface area contributed by atoms with Crippen LogP contribution < -0.4 is 0 Å². The van der Waals surface area contributed by atoms with Crippen LogP contribution >= 0.6 is 7.82 Å². The summed E-state index contributed by atoms with van der Waals surface area (Å²) in [5.41, 5.74) is 0. The molecule has 8 heteroatoms. The first-order chi connectivity index (χ1) is 7.68. The molecule has 0 saturated carbocycles. The summed E-state index contributed by atoms with van der Waals surface area (Å²) < 4.78 is 8.72. The second-order valence-electron chi connectivity index (χ2n) is 3.90. The van der Waals surface area contributed by atoms with Gasteiger partial charge in [0.2, 0.25) is 6.73 Å². The van der Waals surface area contributed by atoms with Crippen molar-refractivity contribution in [3.05, 3.63) is 0 Å². The molecule has 0 aromatic rings. The Morgan fingerprint density at radius 2 is 1.29 bits per heavy atom. The van der Waals surface area contributed by atoms with Crippen molar-refractivity contribution in [3.63, 3.8) is 0 Å². The van der Waals surface area contributed by atoms with E-state index < -0.39 is 7.82 Å². The molecule has 0 rings (SSSR count). The molecule has 0 atom stereocenters. The van der Waals surface area contributed by atoms with Crippen LogP contribution in [0.3, 0.4) is 0 Å². The summed E-state index contributed by atoms with van der Waals surface area (Å²) in [5.74, 6) is 0. The van der Waals surface area contributed by atoms with E-state index in [2.05, 4.69) is 13.8 Å². The van der Waals surface area contributed by atoms with Crippen LogP contribution in [-0.4, -0.2) is 49.5 Å². The van der Waals surface area contributed by atoms with Crippen LogP contribution in [0.25, 0.3) is 0 Å². The molecule has 0 aromatic heterocycles. The molecule has 0 spiro atoms. The van der Waals surface area contributed by atoms with Gasteiger partial charge in [-0.2, -0.15) is 4.65 Å². The van der Waals surface area contributed by atoms with E-state index in [0.29, 0.717) is 13.1 Å². The van der Waals surface area contributed by atoms with Crippen LogP contribution in [0.1, 0.15) is 39.5 Å². The highest BCUT2D eigenvalue weighted by Gasteiger charge is 2.22. The van der Waals surface area contributed by atoms with E-state index in [1.54, 1.807) is 0 Å². The number of quaternary nitrogens is 1. The second kappa shape index (κ2) is 9.96. The summed E-state index contributed by atoms with van der Waals surface area (Å²) in [6, 6.07) is 0. The van der Waals surface area contributed by atoms with Gasteiger partial charge in [-0.15, -0.1) is 0 Å². The summed E-state index contributed by atoms with van der Waals surface area (Å²) >= 11 is 0. The number of hydrogen-bond donors (Lipinski definition) is 5. The molecule has 0 aliphatic heterocycles. The number of nitrogens with zero attached hydrogens (tertiary/aromatic N) is 1. The lowest BCUT2D eigenvalue weighted by Crippen LogP contribution is -2.46. The van der Waals surface area contributed by atoms with E-state index in [1.807, 2.05) is 0 Å². The lowest BCUT2D eigenvalue weighted by atomic mass is 10.3. The van der Waals surface area contributed by atoms with Crippen LogP contribution in [-0.2, 0) is 4.57 Å². The van der Waals surface area contributed by atoms with Crippen molar-refractivity contribution in [1.29, 1.82) is 0 Å². The van der Waals surface area contributed by atoms with Gasteiger partial charge in [-0.3, -0.25) is 0 Å². The molecule has 5 N–H and O–H groups in total. The predicted octanol–water partition coefficient (Wildman–Crippen LogP) is 0.814. The summed E-state index contributed by atoms with van der Waals surface area (Å²) in [4.78, 5) is 21.6. The average Bonchev–Trinajstić information content (AvgIpc) is 2.21. The van der Waals surface area contributed by atoms with E-state index in [1.165, 1.54) is 0 Å². The maximum Gasteiger partial charge on any atom is 0.466 e. The van der Waals surface area contributed by atoms with Gasteiger partial charge in [-0.1, -0.05) is 26.7 Å². The molecule has 17 heavy (non-hydrogen) atoms. The molecule has 0 aromatic carbocycles. The fourth-order valence-electron chi connectivity index (χ4n) is 1.16. The summed E-state index contributed by atoms with van der Waals surface area (Å²) in [6.45, 7) is 5.36. The number of hydroxylamine groups is 3. The molecule has 0 aliphatic rings. The van der Waals surface area contributed by atoms with E-state index in [0.717, 1.165) is 25.7 Å². The number of aliphatic hydroxyl groups is 1. The van der Waals surface area contributed by atoms with Crippen molar-refractivity contribution in [3.8, 4) is 0 Å². The fraction of sp³-hybridized carbons (Fsp3) is 1.00. The highest BCUT2D eigenvalue weighted by molar-refractivity contribution is 7.45. The summed E-state index contributed by atoms with van der Waals surface area (Å²) in [5, 5.41) is 18.7. The average molecular weight is 274 g/mol. The maximum absolute atomic E-state index is 9.77. The Morgan fingerprint density at radius 3 is 1.47 bits per heavy atom. The largest absolute Gasteiger partial charge is 0.466 e. The Labute approximate surface area is 102 Å². The third-order valence-electron chi connectivity index (χ3n) is 2.12. The zero-order valence-electron chi connectivity index (χ0n) is 10.5. The molecular formula is C9H25NO6P+. The minimum absolute atomic E-state index is 0.153. The van der Waals surface area contributed by atoms with Crippen molar-refractivity contribution >= 4 is 7.82 Å². The Morgan fingerprint density at radius 1 is 1.00 bits per heavy atom. The van der Waals surface area contributed by atoms with Gasteiger partial charge in [0.1, 0.15) is 13.1 Å². The van der Waals surface area contributed by atoms with E-state index in [-0.39, 0.29) is 11.4 Å². The van der Waals surface area contributed by atoms with E-state index in [9.17, 15) is 5.21 Å². The Kier molecular flexibility index (Phi) is 11.3. The molecule has 0 radical (unpaired) electrons. The van der Waals surface area contributed by atoms with E-state index in [4.69, 9.17) is 24.4 Å². The third-order valence-corrected chi connectivity index (χ3v) is 2.12. The number of rotatable bonds is 7. The Hall–Kier alpha value is -0.0100. The highest BCUT2D eigenvalue weighted by atomic mass is 31.2. The normalized spacial score (nSPS) is 11.9. The minimum atomic E-state index is -4.64. The standard InChI is InChI=1S/C9H22NO2.H3O4P/c1-3-5-7-10(12,9-11)8-6-4-2;1-5(2,3)4/h11-12H,3-9H2,1-2H3;(H3,1,2,3,4)/q+1;. The van der Waals surface area contributed by atoms with Crippen molar-refractivity contribution in [2.45, 2.75) is 39.5 Å². The van der Waals surface area contributed by atoms with Gasteiger partial charge in [0.15, 0.2) is 0 Å². The maximum atomic E-state index is 9.77. The summed E-state index contributed by atoms with van der Waals surface area (Å²) in [6.07, 6.45) is 4.07. The lowest BCUT2D eigenvalue weighted by molar-refractivity contribution is -1.11. The molecule has 0 fully saturated rings. The number of phosphoric acid groups is 1. The Bertz CT molecular complexity index is 203. The zero-order chi connectivity index (χ0) is 13.9. The quantitative estimate of drug-likeness (QED) is 0.203. The van der Waals surface area contributed by atoms with Crippen LogP contribution in [0.4, 0.5) is 0 Å². The molecule has 0 amide bonds. The van der Waals surface area contributed by atoms with Crippen LogP contribution in [0.2, 0.25) is 0 Å². The highest BCUT2D eigenvalue weighted by Crippen LogP contribution is 2.25. The first kappa shape index (κ1) is 19.3. The summed E-state index contributed by atoms with van der Waals surface area (Å²) in [7, 11) is -4.64. The molecule has 0 bridgehead atoms. The van der Waals surface area contributed by atoms with Crippen molar-refractivity contribution in [2.75, 3.05) is 19.8 Å². The van der Waals surface area contributed by atoms with Crippen LogP contribution in [0.15, 0.2) is 0 Å². The minimum Gasteiger partial charge on any atom is -0.345 e. The third kappa shape index (κ3) is 18.5. The van der Waals surface area contributed by atoms with Gasteiger partial charge in [-0.05, 0) is 12.8 Å². The van der Waals surface area contributed by atoms with Crippen molar-refractivity contribution < 1.29 is 34.2 Å². The molecule has 106 valence electrons. The number of hydrogen-bond acceptors (Lipinski definition) is 3. The van der Waals surface area contributed by atoms with Gasteiger partial charge in [0.25, 0.3) is 0 Å². The fourth-order valence-corrected chi connectivity index (χ4v) is 1.16. The first-order valence-corrected chi connectivity index (χ1v) is 7.23. The van der Waals surface area contributed by atoms with Crippen molar-refractivity contribution in [1.82, 2.24) is 0 Å². The van der Waals surface area contributed by atoms with Crippen molar-refractivity contribution in [2.24, 2.45) is 0 Å². The SMILES string of the molecule is CCCC[N+](O)(CO)CCCC.O=P(O)(O)O. The van der Waals surface area contributed by atoms with E-state index >= 15 is 0 Å². The molecule has 0 unspecified atom stereocenters. The second-order valence-corrected chi connectivity index (χ2v) is 4.93. The number of unbranched alkanes of at least 4 members (excludes halogenated alkanes) is 2. The number of aliphatic hydroxyl groups excluding tert-OH is 1. The lowest BCUT2D eigenvalue weighted by Gasteiger charge is -2.27. The topological polar surface area (TPSA) is 118 Å². The van der Waals surface area contributed by atoms with Gasteiger partial charge in [0, 0.05) is 0 Å². The van der Waals surface area contributed by atoms with Gasteiger partial charge >= 0.3 is 7.82 Å². The molecule has 0 aliphatic carbocycles. The predicted molar refractivity (Wildman–Crippen MR) is 62.9 cm³/mol. The van der Waals surface area contributed by atoms with Crippen LogP contribution in [0, 0.1) is 0 Å². The Balaban J connectivity index is 0. The van der Waals surface area contributed by atoms with Gasteiger partial charge in [-0.25, -0.2) is 9.77 Å². The monoisotopic (exact) mass is 274 g/mol. The van der Waals surface area contributed by atoms with Crippen LogP contribution in [0.5, 0.6) is 0 Å². The van der Waals surface area contributed by atoms with Gasteiger partial charge < -0.3 is 19.8 Å². The molecule has 0 heterocycles.